The summed E-state index contributed by atoms with van der Waals surface area (Å²) in [7, 11) is 1.58. The third-order valence-corrected chi connectivity index (χ3v) is 5.79. The molecule has 2 N–H and O–H groups in total. The highest BCUT2D eigenvalue weighted by Gasteiger charge is 2.44. The van der Waals surface area contributed by atoms with E-state index in [1.807, 2.05) is 0 Å². The molecule has 2 aliphatic rings. The predicted octanol–water partition coefficient (Wildman–Crippen LogP) is 2.20. The normalized spacial score (nSPS) is 28.1. The quantitative estimate of drug-likeness (QED) is 0.824. The van der Waals surface area contributed by atoms with Gasteiger partial charge in [-0.05, 0) is 44.0 Å². The lowest BCUT2D eigenvalue weighted by molar-refractivity contribution is -0.147. The van der Waals surface area contributed by atoms with E-state index in [1.54, 1.807) is 43.2 Å². The molecule has 1 saturated heterocycles. The van der Waals surface area contributed by atoms with E-state index in [1.165, 1.54) is 0 Å². The fourth-order valence-electron chi connectivity index (χ4n) is 4.16. The molecular weight excluding hydrogens is 348 g/mol. The van der Waals surface area contributed by atoms with Gasteiger partial charge in [-0.2, -0.15) is 0 Å². The molecule has 3 unspecified atom stereocenters. The number of ether oxygens (including phenoxy) is 1. The van der Waals surface area contributed by atoms with E-state index in [2.05, 4.69) is 5.32 Å². The number of methoxy groups -OCH3 is 1. The fraction of sp³-hybridized carbons (Fsp3) is 0.550. The number of carboxylic acid groups (broad SMARTS) is 1. The maximum Gasteiger partial charge on any atom is 0.308 e. The number of carbonyl (C=O) groups excluding carboxylic acids is 2. The summed E-state index contributed by atoms with van der Waals surface area (Å²) in [5.41, 5.74) is -0.0408. The van der Waals surface area contributed by atoms with Crippen LogP contribution in [0.2, 0.25) is 0 Å². The lowest BCUT2D eigenvalue weighted by Crippen LogP contribution is -2.56. The van der Waals surface area contributed by atoms with Gasteiger partial charge in [0.2, 0.25) is 11.8 Å². The Morgan fingerprint density at radius 1 is 1.26 bits per heavy atom. The van der Waals surface area contributed by atoms with Crippen LogP contribution in [0.5, 0.6) is 5.75 Å². The van der Waals surface area contributed by atoms with Gasteiger partial charge >= 0.3 is 5.97 Å². The first-order valence-electron chi connectivity index (χ1n) is 9.33. The molecule has 3 rings (SSSR count). The summed E-state index contributed by atoms with van der Waals surface area (Å²) >= 11 is 0. The predicted molar refractivity (Wildman–Crippen MR) is 99.6 cm³/mol. The number of benzene rings is 1. The molecule has 1 saturated carbocycles. The number of amides is 2. The monoisotopic (exact) mass is 374 g/mol. The number of carboxylic acids is 1. The Morgan fingerprint density at radius 3 is 2.59 bits per heavy atom. The van der Waals surface area contributed by atoms with E-state index < -0.39 is 23.3 Å². The van der Waals surface area contributed by atoms with Crippen molar-refractivity contribution in [2.24, 2.45) is 11.8 Å². The standard InChI is InChI=1S/C20H26N2O5/c1-20(10-4-3-5-16(20)19(25)26)21-18(24)13-11-17(23)22(12-13)14-6-8-15(27-2)9-7-14/h6-9,13,16H,3-5,10-12H2,1-2H3,(H,21,24)(H,25,26). The molecule has 2 fully saturated rings. The van der Waals surface area contributed by atoms with Gasteiger partial charge < -0.3 is 20.1 Å². The Hall–Kier alpha value is -2.57. The van der Waals surface area contributed by atoms with E-state index in [-0.39, 0.29) is 18.2 Å². The van der Waals surface area contributed by atoms with Crippen LogP contribution in [0.15, 0.2) is 24.3 Å². The minimum atomic E-state index is -0.875. The minimum absolute atomic E-state index is 0.108. The minimum Gasteiger partial charge on any atom is -0.497 e. The van der Waals surface area contributed by atoms with Crippen molar-refractivity contribution >= 4 is 23.5 Å². The molecule has 1 heterocycles. The van der Waals surface area contributed by atoms with Gasteiger partial charge in [-0.25, -0.2) is 0 Å². The first kappa shape index (κ1) is 19.2. The number of anilines is 1. The van der Waals surface area contributed by atoms with Gasteiger partial charge in [0, 0.05) is 18.7 Å². The fourth-order valence-corrected chi connectivity index (χ4v) is 4.16. The lowest BCUT2D eigenvalue weighted by atomic mass is 9.73. The van der Waals surface area contributed by atoms with Gasteiger partial charge in [-0.1, -0.05) is 12.8 Å². The van der Waals surface area contributed by atoms with Crippen molar-refractivity contribution in [1.29, 1.82) is 0 Å². The zero-order valence-electron chi connectivity index (χ0n) is 15.7. The summed E-state index contributed by atoms with van der Waals surface area (Å²) in [6.45, 7) is 2.10. The number of hydrogen-bond acceptors (Lipinski definition) is 4. The number of hydrogen-bond donors (Lipinski definition) is 2. The highest BCUT2D eigenvalue weighted by molar-refractivity contribution is 6.00. The highest BCUT2D eigenvalue weighted by atomic mass is 16.5. The topological polar surface area (TPSA) is 95.9 Å². The highest BCUT2D eigenvalue weighted by Crippen LogP contribution is 2.35. The van der Waals surface area contributed by atoms with Gasteiger partial charge in [-0.3, -0.25) is 14.4 Å². The van der Waals surface area contributed by atoms with Crippen LogP contribution in [0, 0.1) is 11.8 Å². The van der Waals surface area contributed by atoms with Crippen LogP contribution in [0.3, 0.4) is 0 Å². The first-order chi connectivity index (χ1) is 12.8. The van der Waals surface area contributed by atoms with Crippen LogP contribution in [0.25, 0.3) is 0 Å². The van der Waals surface area contributed by atoms with E-state index in [0.717, 1.165) is 18.5 Å². The van der Waals surface area contributed by atoms with Crippen LogP contribution in [-0.4, -0.2) is 42.1 Å². The molecule has 0 bridgehead atoms. The third kappa shape index (κ3) is 3.91. The molecule has 0 aromatic heterocycles. The SMILES string of the molecule is COc1ccc(N2CC(C(=O)NC3(C)CCCCC3C(=O)O)CC2=O)cc1. The molecule has 1 aliphatic heterocycles. The molecule has 1 aliphatic carbocycles. The van der Waals surface area contributed by atoms with E-state index in [9.17, 15) is 19.5 Å². The Labute approximate surface area is 158 Å². The largest absolute Gasteiger partial charge is 0.497 e. The average Bonchev–Trinajstić information content (AvgIpc) is 3.03. The van der Waals surface area contributed by atoms with Crippen molar-refractivity contribution in [2.45, 2.75) is 44.6 Å². The Bertz CT molecular complexity index is 732. The molecule has 7 heteroatoms. The second kappa shape index (κ2) is 7.58. The van der Waals surface area contributed by atoms with Crippen molar-refractivity contribution < 1.29 is 24.2 Å². The second-order valence-electron chi connectivity index (χ2n) is 7.65. The molecule has 1 aromatic rings. The molecule has 146 valence electrons. The zero-order valence-corrected chi connectivity index (χ0v) is 15.7. The van der Waals surface area contributed by atoms with Crippen molar-refractivity contribution in [2.75, 3.05) is 18.6 Å². The van der Waals surface area contributed by atoms with Gasteiger partial charge in [0.1, 0.15) is 5.75 Å². The third-order valence-electron chi connectivity index (χ3n) is 5.79. The molecule has 3 atom stereocenters. The zero-order chi connectivity index (χ0) is 19.6. The van der Waals surface area contributed by atoms with Gasteiger partial charge in [0.25, 0.3) is 0 Å². The molecule has 0 radical (unpaired) electrons. The van der Waals surface area contributed by atoms with Crippen LogP contribution >= 0.6 is 0 Å². The second-order valence-corrected chi connectivity index (χ2v) is 7.65. The van der Waals surface area contributed by atoms with Crippen molar-refractivity contribution in [3.63, 3.8) is 0 Å². The van der Waals surface area contributed by atoms with Crippen molar-refractivity contribution in [3.05, 3.63) is 24.3 Å². The van der Waals surface area contributed by atoms with Gasteiger partial charge in [0.05, 0.1) is 24.5 Å². The van der Waals surface area contributed by atoms with E-state index in [0.29, 0.717) is 25.1 Å². The van der Waals surface area contributed by atoms with E-state index >= 15 is 0 Å². The molecule has 1 aromatic carbocycles. The van der Waals surface area contributed by atoms with E-state index in [4.69, 9.17) is 4.74 Å². The van der Waals surface area contributed by atoms with Crippen molar-refractivity contribution in [3.8, 4) is 5.75 Å². The molecule has 7 nitrogen and oxygen atoms in total. The van der Waals surface area contributed by atoms with Crippen LogP contribution in [-0.2, 0) is 14.4 Å². The Morgan fingerprint density at radius 2 is 1.96 bits per heavy atom. The first-order valence-corrected chi connectivity index (χ1v) is 9.33. The number of aliphatic carboxylic acids is 1. The van der Waals surface area contributed by atoms with Crippen molar-refractivity contribution in [1.82, 2.24) is 5.32 Å². The molecule has 2 amide bonds. The van der Waals surface area contributed by atoms with Crippen LogP contribution in [0.1, 0.15) is 39.0 Å². The smallest absolute Gasteiger partial charge is 0.308 e. The molecule has 0 spiro atoms. The lowest BCUT2D eigenvalue weighted by Gasteiger charge is -2.40. The summed E-state index contributed by atoms with van der Waals surface area (Å²) < 4.78 is 5.13. The number of rotatable bonds is 5. The summed E-state index contributed by atoms with van der Waals surface area (Å²) in [6.07, 6.45) is 3.08. The number of nitrogens with one attached hydrogen (secondary N) is 1. The molecule has 27 heavy (non-hydrogen) atoms. The van der Waals surface area contributed by atoms with Gasteiger partial charge in [0.15, 0.2) is 0 Å². The Kier molecular flexibility index (Phi) is 5.39. The number of nitrogens with zero attached hydrogens (tertiary/aromatic N) is 1. The van der Waals surface area contributed by atoms with Crippen LogP contribution in [0.4, 0.5) is 5.69 Å². The molecular formula is C20H26N2O5. The summed E-state index contributed by atoms with van der Waals surface area (Å²) in [4.78, 5) is 38.4. The number of carbonyl (C=O) groups is 3. The average molecular weight is 374 g/mol. The summed E-state index contributed by atoms with van der Waals surface area (Å²) in [6, 6.07) is 7.13. The maximum atomic E-state index is 12.8. The maximum absolute atomic E-state index is 12.8. The summed E-state index contributed by atoms with van der Waals surface area (Å²) in [5, 5.41) is 12.5. The van der Waals surface area contributed by atoms with Crippen LogP contribution < -0.4 is 15.0 Å². The Balaban J connectivity index is 1.68. The van der Waals surface area contributed by atoms with Gasteiger partial charge in [-0.15, -0.1) is 0 Å². The summed E-state index contributed by atoms with van der Waals surface area (Å²) in [5.74, 6) is -1.60.